The zero-order valence-corrected chi connectivity index (χ0v) is 13.9. The summed E-state index contributed by atoms with van der Waals surface area (Å²) in [7, 11) is 2.90. The van der Waals surface area contributed by atoms with E-state index in [1.807, 2.05) is 0 Å². The Morgan fingerprint density at radius 2 is 1.69 bits per heavy atom. The molecule has 2 rings (SSSR count). The highest BCUT2D eigenvalue weighted by atomic mass is 19.1. The van der Waals surface area contributed by atoms with Crippen LogP contribution in [-0.4, -0.2) is 47.9 Å². The molecule has 0 unspecified atom stereocenters. The van der Waals surface area contributed by atoms with Crippen LogP contribution >= 0.6 is 0 Å². The number of aliphatic carboxylic acids is 1. The van der Waals surface area contributed by atoms with Gasteiger partial charge in [-0.2, -0.15) is 0 Å². The van der Waals surface area contributed by atoms with E-state index in [-0.39, 0.29) is 5.82 Å². The number of carboxylic acid groups (broad SMARTS) is 2. The molecule has 0 saturated carbocycles. The smallest absolute Gasteiger partial charge is 0.339 e. The number of carbonyl (C=O) groups is 2. The number of nitrogens with zero attached hydrogens (tertiary/aromatic N) is 1. The van der Waals surface area contributed by atoms with E-state index >= 15 is 0 Å². The van der Waals surface area contributed by atoms with Gasteiger partial charge in [0.2, 0.25) is 0 Å². The molecule has 1 heterocycles. The van der Waals surface area contributed by atoms with Crippen molar-refractivity contribution in [3.05, 3.63) is 35.6 Å². The van der Waals surface area contributed by atoms with Crippen LogP contribution in [0.1, 0.15) is 10.4 Å². The standard InChI is InChI=1S/C16H16FN3O6/c1-25-9-3-8(4-10(5-9)26-2)19-14-11(16(23)24)6-12(17)15(20-14)18-7-13(21)22/h3-6H,7H2,1-2H3,(H,21,22)(H,23,24)(H2,18,19,20). The lowest BCUT2D eigenvalue weighted by Gasteiger charge is -2.14. The second-order valence-corrected chi connectivity index (χ2v) is 4.99. The van der Waals surface area contributed by atoms with Gasteiger partial charge < -0.3 is 30.3 Å². The van der Waals surface area contributed by atoms with Gasteiger partial charge in [0.1, 0.15) is 29.4 Å². The first-order valence-corrected chi connectivity index (χ1v) is 7.23. The van der Waals surface area contributed by atoms with Gasteiger partial charge in [0.05, 0.1) is 14.2 Å². The minimum absolute atomic E-state index is 0.179. The lowest BCUT2D eigenvalue weighted by Crippen LogP contribution is -2.16. The zero-order chi connectivity index (χ0) is 19.3. The Bertz CT molecular complexity index is 821. The fourth-order valence-electron chi connectivity index (χ4n) is 2.05. The summed E-state index contributed by atoms with van der Waals surface area (Å²) < 4.78 is 24.2. The summed E-state index contributed by atoms with van der Waals surface area (Å²) in [6.07, 6.45) is 0. The molecule has 10 heteroatoms. The van der Waals surface area contributed by atoms with Crippen LogP contribution < -0.4 is 20.1 Å². The van der Waals surface area contributed by atoms with Gasteiger partial charge >= 0.3 is 11.9 Å². The van der Waals surface area contributed by atoms with Gasteiger partial charge in [-0.1, -0.05) is 0 Å². The number of pyridine rings is 1. The van der Waals surface area contributed by atoms with Crippen molar-refractivity contribution in [1.82, 2.24) is 4.98 Å². The summed E-state index contributed by atoms with van der Waals surface area (Å²) in [6, 6.07) is 5.48. The molecule has 0 aliphatic carbocycles. The molecule has 2 aromatic rings. The van der Waals surface area contributed by atoms with E-state index in [1.165, 1.54) is 14.2 Å². The maximum atomic E-state index is 14.0. The molecule has 0 aliphatic heterocycles. The molecular weight excluding hydrogens is 349 g/mol. The average Bonchev–Trinajstić information content (AvgIpc) is 2.60. The summed E-state index contributed by atoms with van der Waals surface area (Å²) in [5.74, 6) is -3.31. The van der Waals surface area contributed by atoms with Crippen molar-refractivity contribution >= 4 is 29.3 Å². The molecule has 0 aliphatic rings. The fraction of sp³-hybridized carbons (Fsp3) is 0.188. The van der Waals surface area contributed by atoms with Crippen LogP contribution in [0.3, 0.4) is 0 Å². The predicted octanol–water partition coefficient (Wildman–Crippen LogP) is 2.18. The Kier molecular flexibility index (Phi) is 5.78. The van der Waals surface area contributed by atoms with E-state index in [0.717, 1.165) is 6.07 Å². The van der Waals surface area contributed by atoms with Crippen LogP contribution in [-0.2, 0) is 4.79 Å². The SMILES string of the molecule is COc1cc(Nc2nc(NCC(=O)O)c(F)cc2C(=O)O)cc(OC)c1. The molecule has 0 spiro atoms. The molecule has 0 amide bonds. The number of rotatable bonds is 8. The molecule has 0 fully saturated rings. The highest BCUT2D eigenvalue weighted by Gasteiger charge is 2.18. The number of benzene rings is 1. The molecule has 9 nitrogen and oxygen atoms in total. The van der Waals surface area contributed by atoms with Gasteiger partial charge in [-0.25, -0.2) is 14.2 Å². The molecule has 1 aromatic heterocycles. The molecule has 1 aromatic carbocycles. The minimum Gasteiger partial charge on any atom is -0.497 e. The predicted molar refractivity (Wildman–Crippen MR) is 90.1 cm³/mol. The lowest BCUT2D eigenvalue weighted by atomic mass is 10.2. The van der Waals surface area contributed by atoms with Crippen molar-refractivity contribution in [3.63, 3.8) is 0 Å². The first-order valence-electron chi connectivity index (χ1n) is 7.23. The Morgan fingerprint density at radius 3 is 2.19 bits per heavy atom. The van der Waals surface area contributed by atoms with Crippen LogP contribution in [0.25, 0.3) is 0 Å². The van der Waals surface area contributed by atoms with Gasteiger partial charge in [0.15, 0.2) is 11.6 Å². The van der Waals surface area contributed by atoms with Crippen molar-refractivity contribution in [3.8, 4) is 11.5 Å². The Balaban J connectivity index is 2.44. The first-order chi connectivity index (χ1) is 12.3. The topological polar surface area (TPSA) is 130 Å². The number of hydrogen-bond acceptors (Lipinski definition) is 7. The summed E-state index contributed by atoms with van der Waals surface area (Å²) >= 11 is 0. The van der Waals surface area contributed by atoms with E-state index in [9.17, 15) is 19.1 Å². The second-order valence-electron chi connectivity index (χ2n) is 4.99. The van der Waals surface area contributed by atoms with Gasteiger partial charge in [0.25, 0.3) is 0 Å². The van der Waals surface area contributed by atoms with Crippen LogP contribution in [0, 0.1) is 5.82 Å². The Labute approximate surface area is 147 Å². The monoisotopic (exact) mass is 365 g/mol. The number of methoxy groups -OCH3 is 2. The van der Waals surface area contributed by atoms with Crippen molar-refractivity contribution < 1.29 is 33.7 Å². The number of anilines is 3. The maximum Gasteiger partial charge on any atom is 0.339 e. The number of aromatic carboxylic acids is 1. The Hall–Kier alpha value is -3.56. The van der Waals surface area contributed by atoms with Gasteiger partial charge in [0, 0.05) is 23.9 Å². The summed E-state index contributed by atoms with van der Waals surface area (Å²) in [5, 5.41) is 23.0. The van der Waals surface area contributed by atoms with E-state index in [0.29, 0.717) is 17.2 Å². The van der Waals surface area contributed by atoms with Crippen LogP contribution in [0.5, 0.6) is 11.5 Å². The highest BCUT2D eigenvalue weighted by molar-refractivity contribution is 5.94. The van der Waals surface area contributed by atoms with Crippen molar-refractivity contribution in [2.75, 3.05) is 31.4 Å². The quantitative estimate of drug-likeness (QED) is 0.556. The highest BCUT2D eigenvalue weighted by Crippen LogP contribution is 2.29. The van der Waals surface area contributed by atoms with Crippen LogP contribution in [0.15, 0.2) is 24.3 Å². The van der Waals surface area contributed by atoms with Crippen LogP contribution in [0.2, 0.25) is 0 Å². The van der Waals surface area contributed by atoms with Crippen molar-refractivity contribution in [2.45, 2.75) is 0 Å². The molecule has 0 radical (unpaired) electrons. The largest absolute Gasteiger partial charge is 0.497 e. The summed E-state index contributed by atoms with van der Waals surface area (Å²) in [4.78, 5) is 25.9. The van der Waals surface area contributed by atoms with Crippen molar-refractivity contribution in [2.24, 2.45) is 0 Å². The van der Waals surface area contributed by atoms with E-state index in [2.05, 4.69) is 15.6 Å². The van der Waals surface area contributed by atoms with Crippen LogP contribution in [0.4, 0.5) is 21.7 Å². The molecule has 138 valence electrons. The normalized spacial score (nSPS) is 10.1. The average molecular weight is 365 g/mol. The van der Waals surface area contributed by atoms with E-state index in [1.54, 1.807) is 18.2 Å². The third kappa shape index (κ3) is 4.50. The van der Waals surface area contributed by atoms with Gasteiger partial charge in [-0.3, -0.25) is 4.79 Å². The molecule has 0 atom stereocenters. The lowest BCUT2D eigenvalue weighted by molar-refractivity contribution is -0.134. The fourth-order valence-corrected chi connectivity index (χ4v) is 2.05. The van der Waals surface area contributed by atoms with E-state index < -0.39 is 35.7 Å². The molecule has 4 N–H and O–H groups in total. The molecule has 26 heavy (non-hydrogen) atoms. The number of ether oxygens (including phenoxy) is 2. The van der Waals surface area contributed by atoms with Gasteiger partial charge in [-0.05, 0) is 6.07 Å². The van der Waals surface area contributed by atoms with E-state index in [4.69, 9.17) is 14.6 Å². The summed E-state index contributed by atoms with van der Waals surface area (Å²) in [5.41, 5.74) is -0.0443. The number of nitrogens with one attached hydrogen (secondary N) is 2. The zero-order valence-electron chi connectivity index (χ0n) is 13.9. The number of halogens is 1. The van der Waals surface area contributed by atoms with Crippen molar-refractivity contribution in [1.29, 1.82) is 0 Å². The number of carboxylic acids is 2. The first kappa shape index (κ1) is 18.8. The Morgan fingerprint density at radius 1 is 1.08 bits per heavy atom. The molecule has 0 bridgehead atoms. The second kappa shape index (κ2) is 8.01. The maximum absolute atomic E-state index is 14.0. The molecular formula is C16H16FN3O6. The minimum atomic E-state index is -1.40. The third-order valence-electron chi connectivity index (χ3n) is 3.23. The van der Waals surface area contributed by atoms with Gasteiger partial charge in [-0.15, -0.1) is 0 Å². The number of hydrogen-bond donors (Lipinski definition) is 4. The third-order valence-corrected chi connectivity index (χ3v) is 3.23. The summed E-state index contributed by atoms with van der Waals surface area (Å²) in [6.45, 7) is -0.581. The molecule has 0 saturated heterocycles. The number of aromatic nitrogens is 1.